The van der Waals surface area contributed by atoms with Crippen molar-refractivity contribution in [3.8, 4) is 11.8 Å². The van der Waals surface area contributed by atoms with Crippen molar-refractivity contribution in [3.05, 3.63) is 30.2 Å². The maximum absolute atomic E-state index is 4.82. The molecule has 0 aliphatic carbocycles. The molecule has 4 heteroatoms. The number of nitrogens with zero attached hydrogens (tertiary/aromatic N) is 3. The third-order valence-electron chi connectivity index (χ3n) is 1.69. The third kappa shape index (κ3) is 1.73. The van der Waals surface area contributed by atoms with Crippen molar-refractivity contribution in [3.63, 3.8) is 0 Å². The number of hydrogen-bond acceptors (Lipinski definition) is 3. The molecule has 2 aromatic rings. The molecule has 2 aromatic heterocycles. The average Bonchev–Trinajstić information content (AvgIpc) is 2.65. The van der Waals surface area contributed by atoms with E-state index < -0.39 is 0 Å². The smallest absolute Gasteiger partial charge is 0.153 e. The van der Waals surface area contributed by atoms with Gasteiger partial charge in [0.05, 0.1) is 0 Å². The Morgan fingerprint density at radius 1 is 1.50 bits per heavy atom. The first kappa shape index (κ1) is 8.73. The normalized spacial score (nSPS) is 9.79. The Bertz CT molecular complexity index is 493. The summed E-state index contributed by atoms with van der Waals surface area (Å²) in [6.45, 7) is 0.420. The topological polar surface area (TPSA) is 39.4 Å². The first-order valence-electron chi connectivity index (χ1n) is 4.18. The average molecular weight is 187 g/mol. The Hall–Kier alpha value is -1.86. The molecule has 2 rings (SSSR count). The van der Waals surface area contributed by atoms with Gasteiger partial charge in [0.1, 0.15) is 12.3 Å². The fourth-order valence-electron chi connectivity index (χ4n) is 1.08. The van der Waals surface area contributed by atoms with E-state index in [2.05, 4.69) is 21.9 Å². The van der Waals surface area contributed by atoms with Crippen molar-refractivity contribution in [2.24, 2.45) is 0 Å². The number of aromatic nitrogens is 3. The quantitative estimate of drug-likeness (QED) is 0.618. The summed E-state index contributed by atoms with van der Waals surface area (Å²) in [5.41, 5.74) is 1.54. The van der Waals surface area contributed by atoms with Gasteiger partial charge in [-0.25, -0.2) is 9.50 Å². The molecule has 4 nitrogen and oxygen atoms in total. The highest BCUT2D eigenvalue weighted by Crippen LogP contribution is 1.98. The summed E-state index contributed by atoms with van der Waals surface area (Å²) in [5.74, 6) is 5.73. The first-order valence-corrected chi connectivity index (χ1v) is 4.18. The Morgan fingerprint density at radius 3 is 3.29 bits per heavy atom. The maximum atomic E-state index is 4.82. The Kier molecular flexibility index (Phi) is 2.43. The number of hydrogen-bond donors (Lipinski definition) is 0. The van der Waals surface area contributed by atoms with Crippen molar-refractivity contribution in [2.45, 2.75) is 0 Å². The van der Waals surface area contributed by atoms with Crippen LogP contribution in [0, 0.1) is 11.8 Å². The molecule has 14 heavy (non-hydrogen) atoms. The van der Waals surface area contributed by atoms with Gasteiger partial charge < -0.3 is 4.74 Å². The molecule has 0 aromatic carbocycles. The van der Waals surface area contributed by atoms with Gasteiger partial charge in [-0.15, -0.1) is 0 Å². The molecule has 0 amide bonds. The van der Waals surface area contributed by atoms with Crippen LogP contribution in [0.4, 0.5) is 0 Å². The molecule has 0 aliphatic rings. The molecule has 0 radical (unpaired) electrons. The lowest BCUT2D eigenvalue weighted by Crippen LogP contribution is -1.93. The zero-order chi connectivity index (χ0) is 9.80. The van der Waals surface area contributed by atoms with E-state index in [0.29, 0.717) is 12.3 Å². The largest absolute Gasteiger partial charge is 0.372 e. The lowest BCUT2D eigenvalue weighted by molar-refractivity contribution is 0.240. The third-order valence-corrected chi connectivity index (χ3v) is 1.69. The molecule has 0 atom stereocenters. The fourth-order valence-corrected chi connectivity index (χ4v) is 1.08. The molecule has 0 bridgehead atoms. The van der Waals surface area contributed by atoms with Gasteiger partial charge >= 0.3 is 0 Å². The van der Waals surface area contributed by atoms with Crippen LogP contribution in [-0.2, 0) is 4.74 Å². The summed E-state index contributed by atoms with van der Waals surface area (Å²) in [5, 5.41) is 4.23. The summed E-state index contributed by atoms with van der Waals surface area (Å²) in [6, 6.07) is 3.72. The Morgan fingerprint density at radius 2 is 2.43 bits per heavy atom. The van der Waals surface area contributed by atoms with Crippen LogP contribution in [0.1, 0.15) is 5.69 Å². The molecule has 0 spiro atoms. The van der Waals surface area contributed by atoms with E-state index in [1.807, 2.05) is 12.1 Å². The minimum Gasteiger partial charge on any atom is -0.372 e. The molecule has 0 saturated heterocycles. The second-order valence-electron chi connectivity index (χ2n) is 2.68. The van der Waals surface area contributed by atoms with E-state index in [1.54, 1.807) is 24.0 Å². The fraction of sp³-hybridized carbons (Fsp3) is 0.200. The highest BCUT2D eigenvalue weighted by Gasteiger charge is 1.94. The zero-order valence-electron chi connectivity index (χ0n) is 7.77. The van der Waals surface area contributed by atoms with E-state index in [1.165, 1.54) is 0 Å². The van der Waals surface area contributed by atoms with Gasteiger partial charge in [-0.3, -0.25) is 0 Å². The summed E-state index contributed by atoms with van der Waals surface area (Å²) in [7, 11) is 1.61. The maximum Gasteiger partial charge on any atom is 0.153 e. The number of fused-ring (bicyclic) bond motifs is 1. The predicted molar refractivity (Wildman–Crippen MR) is 51.7 cm³/mol. The molecular weight excluding hydrogens is 178 g/mol. The van der Waals surface area contributed by atoms with Crippen molar-refractivity contribution in [2.75, 3.05) is 13.7 Å². The van der Waals surface area contributed by atoms with E-state index in [0.717, 1.165) is 5.65 Å². The van der Waals surface area contributed by atoms with Gasteiger partial charge in [-0.2, -0.15) is 5.10 Å². The molecule has 0 unspecified atom stereocenters. The summed E-state index contributed by atoms with van der Waals surface area (Å²) >= 11 is 0. The lowest BCUT2D eigenvalue weighted by Gasteiger charge is -1.92. The van der Waals surface area contributed by atoms with Crippen LogP contribution >= 0.6 is 0 Å². The number of methoxy groups -OCH3 is 1. The molecule has 0 aliphatic heterocycles. The lowest BCUT2D eigenvalue weighted by atomic mass is 10.4. The predicted octanol–water partition coefficient (Wildman–Crippen LogP) is 0.727. The summed E-state index contributed by atoms with van der Waals surface area (Å²) < 4.78 is 6.51. The summed E-state index contributed by atoms with van der Waals surface area (Å²) in [6.07, 6.45) is 3.49. The minimum absolute atomic E-state index is 0.420. The highest BCUT2D eigenvalue weighted by molar-refractivity contribution is 5.39. The van der Waals surface area contributed by atoms with Gasteiger partial charge in [-0.1, -0.05) is 5.92 Å². The van der Waals surface area contributed by atoms with Crippen LogP contribution < -0.4 is 0 Å². The van der Waals surface area contributed by atoms with E-state index in [-0.39, 0.29) is 0 Å². The van der Waals surface area contributed by atoms with Crippen LogP contribution in [-0.4, -0.2) is 28.3 Å². The highest BCUT2D eigenvalue weighted by atomic mass is 16.5. The van der Waals surface area contributed by atoms with E-state index >= 15 is 0 Å². The van der Waals surface area contributed by atoms with E-state index in [9.17, 15) is 0 Å². The molecule has 0 N–H and O–H groups in total. The van der Waals surface area contributed by atoms with E-state index in [4.69, 9.17) is 4.74 Å². The number of rotatable bonds is 1. The van der Waals surface area contributed by atoms with Crippen LogP contribution in [0.3, 0.4) is 0 Å². The van der Waals surface area contributed by atoms with Crippen LogP contribution in [0.15, 0.2) is 24.5 Å². The standard InChI is InChI=1S/C10H9N3O/c1-14-8-2-3-9-4-5-10-11-6-7-13(10)12-9/h4-7H,8H2,1H3. The van der Waals surface area contributed by atoms with Crippen LogP contribution in [0.2, 0.25) is 0 Å². The van der Waals surface area contributed by atoms with Crippen molar-refractivity contribution in [1.82, 2.24) is 14.6 Å². The molecule has 0 saturated carbocycles. The number of imidazole rings is 1. The second-order valence-corrected chi connectivity index (χ2v) is 2.68. The zero-order valence-corrected chi connectivity index (χ0v) is 7.77. The minimum atomic E-state index is 0.420. The Balaban J connectivity index is 2.31. The van der Waals surface area contributed by atoms with Gasteiger partial charge in [0.2, 0.25) is 0 Å². The SMILES string of the molecule is COCC#Cc1ccc2nccn2n1. The molecule has 70 valence electrons. The van der Waals surface area contributed by atoms with Crippen LogP contribution in [0.5, 0.6) is 0 Å². The van der Waals surface area contributed by atoms with Gasteiger partial charge in [0.15, 0.2) is 5.65 Å². The van der Waals surface area contributed by atoms with Crippen molar-refractivity contribution < 1.29 is 4.74 Å². The Labute approximate surface area is 81.5 Å². The van der Waals surface area contributed by atoms with Crippen LogP contribution in [0.25, 0.3) is 5.65 Å². The van der Waals surface area contributed by atoms with Crippen molar-refractivity contribution in [1.29, 1.82) is 0 Å². The van der Waals surface area contributed by atoms with Crippen molar-refractivity contribution >= 4 is 5.65 Å². The van der Waals surface area contributed by atoms with Gasteiger partial charge in [0, 0.05) is 19.5 Å². The molecular formula is C10H9N3O. The van der Waals surface area contributed by atoms with Gasteiger partial charge in [0.25, 0.3) is 0 Å². The second kappa shape index (κ2) is 3.90. The monoisotopic (exact) mass is 187 g/mol. The number of ether oxygens (including phenoxy) is 1. The first-order chi connectivity index (χ1) is 6.90. The molecule has 0 fully saturated rings. The summed E-state index contributed by atoms with van der Waals surface area (Å²) in [4.78, 5) is 4.08. The van der Waals surface area contributed by atoms with Gasteiger partial charge in [-0.05, 0) is 18.1 Å². The molecule has 2 heterocycles.